The largest absolute Gasteiger partial charge is 0.367 e. The first-order valence-corrected chi connectivity index (χ1v) is 11.0. The van der Waals surface area contributed by atoms with E-state index in [1.54, 1.807) is 23.7 Å². The molecule has 1 amide bonds. The van der Waals surface area contributed by atoms with E-state index in [2.05, 4.69) is 54.3 Å². The fourth-order valence-electron chi connectivity index (χ4n) is 3.37. The minimum absolute atomic E-state index is 0.269. The van der Waals surface area contributed by atoms with E-state index in [-0.39, 0.29) is 5.91 Å². The Morgan fingerprint density at radius 3 is 2.93 bits per heavy atom. The minimum Gasteiger partial charge on any atom is -0.367 e. The summed E-state index contributed by atoms with van der Waals surface area (Å²) in [6.45, 7) is 3.62. The number of carbonyl (C=O) groups excluding carboxylic acids is 1. The lowest BCUT2D eigenvalue weighted by Crippen LogP contribution is -2.43. The van der Waals surface area contributed by atoms with Gasteiger partial charge in [-0.25, -0.2) is 0 Å². The highest BCUT2D eigenvalue weighted by atomic mass is 32.1. The minimum atomic E-state index is -0.269. The zero-order chi connectivity index (χ0) is 19.6. The number of aromatic nitrogens is 3. The van der Waals surface area contributed by atoms with Crippen molar-refractivity contribution < 1.29 is 4.79 Å². The number of thiophene rings is 1. The highest BCUT2D eigenvalue weighted by molar-refractivity contribution is 7.17. The van der Waals surface area contributed by atoms with Gasteiger partial charge in [0, 0.05) is 42.6 Å². The monoisotopic (exact) mass is 422 g/mol. The van der Waals surface area contributed by atoms with Gasteiger partial charge in [-0.05, 0) is 35.0 Å². The third-order valence-corrected chi connectivity index (χ3v) is 6.69. The molecule has 5 rings (SSSR count). The molecule has 4 aromatic rings. The molecule has 9 heteroatoms. The van der Waals surface area contributed by atoms with Crippen LogP contribution in [0.5, 0.6) is 0 Å². The van der Waals surface area contributed by atoms with Crippen molar-refractivity contribution in [2.24, 2.45) is 0 Å². The Morgan fingerprint density at radius 2 is 2.03 bits per heavy atom. The van der Waals surface area contributed by atoms with E-state index in [0.29, 0.717) is 10.7 Å². The van der Waals surface area contributed by atoms with Crippen LogP contribution in [0.25, 0.3) is 20.7 Å². The van der Waals surface area contributed by atoms with E-state index in [1.807, 2.05) is 12.1 Å². The number of nitrogens with zero attached hydrogens (tertiary/aromatic N) is 4. The summed E-state index contributed by atoms with van der Waals surface area (Å²) < 4.78 is 1.23. The van der Waals surface area contributed by atoms with Crippen LogP contribution >= 0.6 is 22.7 Å². The van der Waals surface area contributed by atoms with E-state index < -0.39 is 0 Å². The van der Waals surface area contributed by atoms with Crippen LogP contribution in [0.4, 0.5) is 11.4 Å². The number of carbonyl (C=O) groups is 1. The van der Waals surface area contributed by atoms with Crippen molar-refractivity contribution in [1.29, 1.82) is 0 Å². The van der Waals surface area contributed by atoms with E-state index in [4.69, 9.17) is 0 Å². The van der Waals surface area contributed by atoms with E-state index in [0.717, 1.165) is 42.4 Å². The van der Waals surface area contributed by atoms with Gasteiger partial charge in [0.15, 0.2) is 0 Å². The molecule has 1 saturated heterocycles. The van der Waals surface area contributed by atoms with Gasteiger partial charge in [0.05, 0.1) is 17.6 Å². The summed E-state index contributed by atoms with van der Waals surface area (Å²) in [5.74, 6) is -0.269. The first-order valence-electron chi connectivity index (χ1n) is 9.30. The third-order valence-electron chi connectivity index (χ3n) is 4.82. The molecule has 0 aliphatic carbocycles. The van der Waals surface area contributed by atoms with Crippen LogP contribution in [0.2, 0.25) is 0 Å². The molecule has 3 aromatic heterocycles. The number of piperazine rings is 1. The van der Waals surface area contributed by atoms with Gasteiger partial charge in [0.25, 0.3) is 5.91 Å². The fraction of sp³-hybridized carbons (Fsp3) is 0.200. The number of pyridine rings is 1. The molecule has 2 N–H and O–H groups in total. The first kappa shape index (κ1) is 18.2. The van der Waals surface area contributed by atoms with Crippen molar-refractivity contribution in [2.45, 2.75) is 0 Å². The highest BCUT2D eigenvalue weighted by Gasteiger charge is 2.19. The summed E-state index contributed by atoms with van der Waals surface area (Å²) in [5, 5.41) is 18.9. The molecule has 146 valence electrons. The number of nitrogens with one attached hydrogen (secondary N) is 2. The summed E-state index contributed by atoms with van der Waals surface area (Å²) in [4.78, 5) is 19.2. The lowest BCUT2D eigenvalue weighted by Gasteiger charge is -2.30. The normalized spacial score (nSPS) is 14.3. The molecule has 0 radical (unpaired) electrons. The quantitative estimate of drug-likeness (QED) is 0.524. The van der Waals surface area contributed by atoms with Crippen molar-refractivity contribution in [2.75, 3.05) is 36.4 Å². The molecule has 0 atom stereocenters. The van der Waals surface area contributed by atoms with Gasteiger partial charge < -0.3 is 15.5 Å². The molecule has 0 bridgehead atoms. The van der Waals surface area contributed by atoms with Crippen molar-refractivity contribution in [3.05, 3.63) is 53.1 Å². The third kappa shape index (κ3) is 3.71. The Labute approximate surface area is 175 Å². The molecule has 1 fully saturated rings. The van der Waals surface area contributed by atoms with Crippen molar-refractivity contribution in [3.63, 3.8) is 0 Å². The number of hydrogen-bond donors (Lipinski definition) is 2. The van der Waals surface area contributed by atoms with E-state index in [9.17, 15) is 4.79 Å². The maximum atomic E-state index is 12.8. The zero-order valence-electron chi connectivity index (χ0n) is 15.5. The second kappa shape index (κ2) is 7.86. The van der Waals surface area contributed by atoms with Crippen LogP contribution in [0.1, 0.15) is 9.80 Å². The summed E-state index contributed by atoms with van der Waals surface area (Å²) in [6.07, 6.45) is 3.43. The van der Waals surface area contributed by atoms with Gasteiger partial charge in [0.1, 0.15) is 5.01 Å². The number of amides is 1. The number of hydrogen-bond acceptors (Lipinski definition) is 8. The maximum absolute atomic E-state index is 12.8. The molecule has 0 saturated carbocycles. The summed E-state index contributed by atoms with van der Waals surface area (Å²) in [6, 6.07) is 10.2. The molecule has 1 aliphatic heterocycles. The predicted molar refractivity (Wildman–Crippen MR) is 118 cm³/mol. The van der Waals surface area contributed by atoms with Gasteiger partial charge in [-0.3, -0.25) is 9.78 Å². The average Bonchev–Trinajstić information content (AvgIpc) is 3.44. The molecular weight excluding hydrogens is 404 g/mol. The lowest BCUT2D eigenvalue weighted by atomic mass is 10.2. The van der Waals surface area contributed by atoms with Crippen LogP contribution < -0.4 is 15.5 Å². The van der Waals surface area contributed by atoms with Crippen LogP contribution in [-0.2, 0) is 0 Å². The Kier molecular flexibility index (Phi) is 4.92. The second-order valence-electron chi connectivity index (χ2n) is 6.67. The van der Waals surface area contributed by atoms with Crippen LogP contribution in [0.3, 0.4) is 0 Å². The SMILES string of the molecule is O=C(Nc1cnccc1N1CCNCC1)c1nnc(-c2ccc3sccc3c2)s1. The van der Waals surface area contributed by atoms with Gasteiger partial charge in [0.2, 0.25) is 5.01 Å². The van der Waals surface area contributed by atoms with Crippen LogP contribution in [0, 0.1) is 0 Å². The maximum Gasteiger partial charge on any atom is 0.286 e. The Hall–Kier alpha value is -2.88. The van der Waals surface area contributed by atoms with Gasteiger partial charge in [-0.2, -0.15) is 0 Å². The first-order chi connectivity index (χ1) is 14.3. The van der Waals surface area contributed by atoms with E-state index >= 15 is 0 Å². The molecule has 1 aromatic carbocycles. The van der Waals surface area contributed by atoms with Crippen molar-refractivity contribution in [3.8, 4) is 10.6 Å². The number of anilines is 2. The van der Waals surface area contributed by atoms with Gasteiger partial charge in [-0.15, -0.1) is 21.5 Å². The molecule has 0 unspecified atom stereocenters. The molecule has 4 heterocycles. The molecule has 29 heavy (non-hydrogen) atoms. The smallest absolute Gasteiger partial charge is 0.286 e. The van der Waals surface area contributed by atoms with Crippen LogP contribution in [-0.4, -0.2) is 47.3 Å². The summed E-state index contributed by atoms with van der Waals surface area (Å²) in [5.41, 5.74) is 2.63. The standard InChI is InChI=1S/C20H18N6OS2/c27-18(23-15-12-22-5-3-16(15)26-8-6-21-7-9-26)20-25-24-19(29-20)14-1-2-17-13(11-14)4-10-28-17/h1-5,10-12,21H,6-9H2,(H,23,27). The molecule has 7 nitrogen and oxygen atoms in total. The molecular formula is C20H18N6OS2. The predicted octanol–water partition coefficient (Wildman–Crippen LogP) is 3.48. The van der Waals surface area contributed by atoms with Crippen molar-refractivity contribution in [1.82, 2.24) is 20.5 Å². The van der Waals surface area contributed by atoms with Crippen LogP contribution in [0.15, 0.2) is 48.1 Å². The summed E-state index contributed by atoms with van der Waals surface area (Å²) >= 11 is 3.00. The summed E-state index contributed by atoms with van der Waals surface area (Å²) in [7, 11) is 0. The fourth-order valence-corrected chi connectivity index (χ4v) is 4.88. The number of fused-ring (bicyclic) bond motifs is 1. The topological polar surface area (TPSA) is 83.0 Å². The Bertz CT molecular complexity index is 1160. The van der Waals surface area contributed by atoms with Gasteiger partial charge >= 0.3 is 0 Å². The van der Waals surface area contributed by atoms with Crippen molar-refractivity contribution >= 4 is 50.0 Å². The highest BCUT2D eigenvalue weighted by Crippen LogP contribution is 2.30. The van der Waals surface area contributed by atoms with E-state index in [1.165, 1.54) is 21.4 Å². The second-order valence-corrected chi connectivity index (χ2v) is 8.59. The number of benzene rings is 1. The zero-order valence-corrected chi connectivity index (χ0v) is 17.1. The average molecular weight is 423 g/mol. The number of rotatable bonds is 4. The van der Waals surface area contributed by atoms with Gasteiger partial charge in [-0.1, -0.05) is 17.4 Å². The Balaban J connectivity index is 1.37. The lowest BCUT2D eigenvalue weighted by molar-refractivity contribution is 0.102. The molecule has 1 aliphatic rings. The Morgan fingerprint density at radius 1 is 1.14 bits per heavy atom. The molecule has 0 spiro atoms.